The SMILES string of the molecule is Cc1cc(C)c2c(n1)sc1c(=O)[nH]cnc12.NP(O)O. The highest BCUT2D eigenvalue weighted by molar-refractivity contribution is 7.42. The van der Waals surface area contributed by atoms with Gasteiger partial charge < -0.3 is 14.8 Å². The fraction of sp³-hybridized carbons (Fsp3) is 0.182. The smallest absolute Gasteiger partial charge is 0.268 e. The van der Waals surface area contributed by atoms with E-state index < -0.39 is 8.53 Å². The van der Waals surface area contributed by atoms with Gasteiger partial charge in [-0.15, -0.1) is 11.3 Å². The number of nitrogens with two attached hydrogens (primary N) is 1. The van der Waals surface area contributed by atoms with Crippen LogP contribution in [0.3, 0.4) is 0 Å². The molecule has 7 nitrogen and oxygen atoms in total. The summed E-state index contributed by atoms with van der Waals surface area (Å²) in [5.74, 6) is 0. The topological polar surface area (TPSA) is 125 Å². The fourth-order valence-corrected chi connectivity index (χ4v) is 3.07. The minimum absolute atomic E-state index is 0.0925. The van der Waals surface area contributed by atoms with Crippen molar-refractivity contribution in [1.29, 1.82) is 0 Å². The molecule has 5 N–H and O–H groups in total. The van der Waals surface area contributed by atoms with E-state index in [-0.39, 0.29) is 5.56 Å². The minimum atomic E-state index is -2.12. The molecule has 0 radical (unpaired) electrons. The first kappa shape index (κ1) is 15.0. The standard InChI is InChI=1S/C11H9N3OS.H4NO2P/c1-5-3-6(2)14-11-7(5)8-9(16-11)10(15)13-4-12-8;1-4(2)3/h3-4H,1-2H3,(H,12,13,15);2-3H,1H2. The number of pyridine rings is 1. The Kier molecular flexibility index (Phi) is 4.42. The zero-order valence-electron chi connectivity index (χ0n) is 10.8. The number of aromatic nitrogens is 3. The van der Waals surface area contributed by atoms with Crippen LogP contribution < -0.4 is 11.1 Å². The number of H-pyrrole nitrogens is 1. The number of nitrogens with zero attached hydrogens (tertiary/aromatic N) is 2. The van der Waals surface area contributed by atoms with Crippen LogP contribution in [-0.2, 0) is 0 Å². The molecule has 0 aliphatic carbocycles. The Balaban J connectivity index is 0.000000328. The first-order valence-electron chi connectivity index (χ1n) is 5.57. The van der Waals surface area contributed by atoms with Gasteiger partial charge in [0, 0.05) is 11.1 Å². The van der Waals surface area contributed by atoms with Gasteiger partial charge in [0.05, 0.1) is 11.8 Å². The molecule has 0 aromatic carbocycles. The third-order valence-corrected chi connectivity index (χ3v) is 3.63. The average Bonchev–Trinajstić information content (AvgIpc) is 2.68. The molecule has 3 rings (SSSR count). The Labute approximate surface area is 119 Å². The number of aryl methyl sites for hydroxylation is 2. The zero-order valence-corrected chi connectivity index (χ0v) is 12.5. The molecule has 3 heterocycles. The van der Waals surface area contributed by atoms with E-state index in [4.69, 9.17) is 9.79 Å². The summed E-state index contributed by atoms with van der Waals surface area (Å²) < 4.78 is 0.652. The Morgan fingerprint density at radius 2 is 2.05 bits per heavy atom. The lowest BCUT2D eigenvalue weighted by molar-refractivity contribution is 0.485. The van der Waals surface area contributed by atoms with Gasteiger partial charge in [0.1, 0.15) is 9.53 Å². The van der Waals surface area contributed by atoms with Gasteiger partial charge in [-0.05, 0) is 25.5 Å². The zero-order chi connectivity index (χ0) is 14.9. The van der Waals surface area contributed by atoms with Gasteiger partial charge in [0.15, 0.2) is 0 Å². The molecule has 20 heavy (non-hydrogen) atoms. The van der Waals surface area contributed by atoms with Gasteiger partial charge >= 0.3 is 0 Å². The maximum Gasteiger partial charge on any atom is 0.268 e. The van der Waals surface area contributed by atoms with Gasteiger partial charge in [-0.1, -0.05) is 0 Å². The van der Waals surface area contributed by atoms with E-state index in [1.54, 1.807) is 0 Å². The number of aromatic amines is 1. The summed E-state index contributed by atoms with van der Waals surface area (Å²) in [7, 11) is -2.12. The van der Waals surface area contributed by atoms with Crippen molar-refractivity contribution in [3.63, 3.8) is 0 Å². The van der Waals surface area contributed by atoms with E-state index >= 15 is 0 Å². The summed E-state index contributed by atoms with van der Waals surface area (Å²) in [6.45, 7) is 3.97. The Hall–Kier alpha value is -1.44. The van der Waals surface area contributed by atoms with Crippen molar-refractivity contribution >= 4 is 40.3 Å². The molecule has 0 saturated carbocycles. The van der Waals surface area contributed by atoms with E-state index in [0.717, 1.165) is 27.0 Å². The molecule has 9 heteroatoms. The van der Waals surface area contributed by atoms with Crippen LogP contribution in [0.2, 0.25) is 0 Å². The highest BCUT2D eigenvalue weighted by Gasteiger charge is 2.12. The lowest BCUT2D eigenvalue weighted by Crippen LogP contribution is -2.03. The Morgan fingerprint density at radius 3 is 2.70 bits per heavy atom. The van der Waals surface area contributed by atoms with Gasteiger partial charge in [-0.3, -0.25) is 10.3 Å². The molecule has 0 atom stereocenters. The van der Waals surface area contributed by atoms with E-state index in [1.807, 2.05) is 19.9 Å². The molecular formula is C11H13N4O3PS. The lowest BCUT2D eigenvalue weighted by atomic mass is 10.1. The normalized spacial score (nSPS) is 10.9. The first-order valence-corrected chi connectivity index (χ1v) is 7.70. The summed E-state index contributed by atoms with van der Waals surface area (Å²) in [4.78, 5) is 38.7. The Bertz CT molecular complexity index is 812. The molecule has 0 fully saturated rings. The molecule has 3 aromatic rings. The van der Waals surface area contributed by atoms with E-state index in [2.05, 4.69) is 20.5 Å². The number of hydrogen-bond donors (Lipinski definition) is 4. The lowest BCUT2D eigenvalue weighted by Gasteiger charge is -1.97. The van der Waals surface area contributed by atoms with Crippen molar-refractivity contribution in [3.8, 4) is 0 Å². The van der Waals surface area contributed by atoms with Gasteiger partial charge in [-0.2, -0.15) is 0 Å². The number of hydrogen-bond acceptors (Lipinski definition) is 7. The Morgan fingerprint density at radius 1 is 1.40 bits per heavy atom. The number of fused-ring (bicyclic) bond motifs is 3. The maximum atomic E-state index is 11.6. The second kappa shape index (κ2) is 5.90. The summed E-state index contributed by atoms with van der Waals surface area (Å²) in [5.41, 5.74) is 7.04. The minimum Gasteiger partial charge on any atom is -0.338 e. The largest absolute Gasteiger partial charge is 0.338 e. The summed E-state index contributed by atoms with van der Waals surface area (Å²) in [6.07, 6.45) is 1.44. The van der Waals surface area contributed by atoms with Gasteiger partial charge in [0.25, 0.3) is 5.56 Å². The highest BCUT2D eigenvalue weighted by Crippen LogP contribution is 2.31. The molecule has 0 amide bonds. The fourth-order valence-electron chi connectivity index (χ4n) is 1.92. The number of rotatable bonds is 0. The molecule has 3 aromatic heterocycles. The quantitative estimate of drug-likeness (QED) is 0.464. The second-order valence-electron chi connectivity index (χ2n) is 4.09. The molecule has 0 bridgehead atoms. The van der Waals surface area contributed by atoms with Crippen LogP contribution in [0.4, 0.5) is 0 Å². The van der Waals surface area contributed by atoms with Crippen LogP contribution in [-0.4, -0.2) is 24.7 Å². The van der Waals surface area contributed by atoms with Crippen molar-refractivity contribution in [3.05, 3.63) is 34.0 Å². The molecule has 0 unspecified atom stereocenters. The summed E-state index contributed by atoms with van der Waals surface area (Å²) >= 11 is 1.40. The van der Waals surface area contributed by atoms with Crippen LogP contribution in [0, 0.1) is 13.8 Å². The molecule has 0 aliphatic rings. The van der Waals surface area contributed by atoms with Crippen molar-refractivity contribution in [2.75, 3.05) is 0 Å². The van der Waals surface area contributed by atoms with E-state index in [0.29, 0.717) is 4.70 Å². The van der Waals surface area contributed by atoms with E-state index in [9.17, 15) is 4.79 Å². The van der Waals surface area contributed by atoms with E-state index in [1.165, 1.54) is 17.7 Å². The maximum absolute atomic E-state index is 11.6. The average molecular weight is 312 g/mol. The van der Waals surface area contributed by atoms with Gasteiger partial charge in [-0.25, -0.2) is 9.97 Å². The van der Waals surface area contributed by atoms with Crippen LogP contribution in [0.5, 0.6) is 0 Å². The first-order chi connectivity index (χ1) is 9.40. The highest BCUT2D eigenvalue weighted by atomic mass is 32.1. The summed E-state index contributed by atoms with van der Waals surface area (Å²) in [6, 6.07) is 2.01. The summed E-state index contributed by atoms with van der Waals surface area (Å²) in [5, 5.41) is 0.997. The van der Waals surface area contributed by atoms with Crippen molar-refractivity contribution in [2.45, 2.75) is 13.8 Å². The van der Waals surface area contributed by atoms with Crippen molar-refractivity contribution in [1.82, 2.24) is 15.0 Å². The van der Waals surface area contributed by atoms with Crippen LogP contribution in [0.15, 0.2) is 17.2 Å². The third kappa shape index (κ3) is 3.00. The number of thiophene rings is 1. The molecule has 106 valence electrons. The van der Waals surface area contributed by atoms with Crippen molar-refractivity contribution < 1.29 is 9.79 Å². The van der Waals surface area contributed by atoms with Gasteiger partial charge in [0.2, 0.25) is 8.53 Å². The molecular weight excluding hydrogens is 299 g/mol. The van der Waals surface area contributed by atoms with Crippen molar-refractivity contribution in [2.24, 2.45) is 5.50 Å². The predicted octanol–water partition coefficient (Wildman–Crippen LogP) is 1.31. The van der Waals surface area contributed by atoms with Crippen LogP contribution in [0.1, 0.15) is 11.3 Å². The third-order valence-electron chi connectivity index (χ3n) is 2.56. The molecule has 0 aliphatic heterocycles. The molecule has 0 spiro atoms. The predicted molar refractivity (Wildman–Crippen MR) is 80.6 cm³/mol. The van der Waals surface area contributed by atoms with Crippen LogP contribution >= 0.6 is 19.9 Å². The monoisotopic (exact) mass is 312 g/mol. The number of nitrogens with one attached hydrogen (secondary N) is 1. The second-order valence-corrected chi connectivity index (χ2v) is 5.73. The van der Waals surface area contributed by atoms with Crippen LogP contribution in [0.25, 0.3) is 20.4 Å². The molecule has 0 saturated heterocycles.